The summed E-state index contributed by atoms with van der Waals surface area (Å²) in [5.74, 6) is -0.956. The summed E-state index contributed by atoms with van der Waals surface area (Å²) < 4.78 is 31.9. The highest BCUT2D eigenvalue weighted by Gasteiger charge is 2.34. The summed E-state index contributed by atoms with van der Waals surface area (Å²) >= 11 is 0. The predicted octanol–water partition coefficient (Wildman–Crippen LogP) is 4.01. The number of pyridine rings is 1. The van der Waals surface area contributed by atoms with Crippen LogP contribution in [0.4, 0.5) is 4.79 Å². The number of nitrogens with one attached hydrogen (secondary N) is 1. The SMILES string of the molecule is COc1ccc(C)c(-c2ccc(C(=O)NCC3CC3)nc2C(=O)OC(C)OC(=O)OCC2COC(C)(C)O2)c1. The summed E-state index contributed by atoms with van der Waals surface area (Å²) in [7, 11) is 1.54. The summed E-state index contributed by atoms with van der Waals surface area (Å²) in [6.45, 7) is 7.51. The molecule has 1 aliphatic heterocycles. The van der Waals surface area contributed by atoms with E-state index in [0.717, 1.165) is 18.4 Å². The van der Waals surface area contributed by atoms with Gasteiger partial charge in [0.2, 0.25) is 6.29 Å². The largest absolute Gasteiger partial charge is 0.511 e. The maximum atomic E-state index is 13.3. The van der Waals surface area contributed by atoms with E-state index in [2.05, 4.69) is 10.3 Å². The zero-order valence-electron chi connectivity index (χ0n) is 22.8. The number of hydrogen-bond acceptors (Lipinski definition) is 10. The smallest absolute Gasteiger partial charge is 0.497 e. The average Bonchev–Trinajstić information content (AvgIpc) is 3.67. The molecule has 2 unspecified atom stereocenters. The van der Waals surface area contributed by atoms with Crippen molar-refractivity contribution >= 4 is 18.0 Å². The molecule has 2 aliphatic rings. The second-order valence-corrected chi connectivity index (χ2v) is 10.0. The topological polar surface area (TPSA) is 132 Å². The van der Waals surface area contributed by atoms with Gasteiger partial charge in [-0.05, 0) is 74.9 Å². The number of aromatic nitrogens is 1. The Balaban J connectivity index is 1.47. The van der Waals surface area contributed by atoms with Gasteiger partial charge in [0.25, 0.3) is 5.91 Å². The maximum absolute atomic E-state index is 13.3. The zero-order chi connectivity index (χ0) is 28.2. The van der Waals surface area contributed by atoms with Gasteiger partial charge in [-0.15, -0.1) is 0 Å². The van der Waals surface area contributed by atoms with Gasteiger partial charge in [-0.1, -0.05) is 6.07 Å². The molecule has 11 nitrogen and oxygen atoms in total. The van der Waals surface area contributed by atoms with Crippen molar-refractivity contribution in [1.29, 1.82) is 0 Å². The van der Waals surface area contributed by atoms with Gasteiger partial charge in [0, 0.05) is 19.0 Å². The van der Waals surface area contributed by atoms with Crippen LogP contribution in [0.1, 0.15) is 60.2 Å². The van der Waals surface area contributed by atoms with Crippen LogP contribution in [-0.2, 0) is 23.7 Å². The number of methoxy groups -OCH3 is 1. The van der Waals surface area contributed by atoms with Crippen molar-refractivity contribution in [2.45, 2.75) is 58.7 Å². The summed E-state index contributed by atoms with van der Waals surface area (Å²) in [5.41, 5.74) is 1.93. The lowest BCUT2D eigenvalue weighted by molar-refractivity contribution is -0.145. The lowest BCUT2D eigenvalue weighted by Gasteiger charge is -2.18. The number of esters is 1. The minimum atomic E-state index is -1.30. The molecular formula is C28H34N2O9. The first-order chi connectivity index (χ1) is 18.5. The van der Waals surface area contributed by atoms with Gasteiger partial charge in [-0.25, -0.2) is 14.6 Å². The van der Waals surface area contributed by atoms with E-state index in [1.807, 2.05) is 13.0 Å². The van der Waals surface area contributed by atoms with Crippen LogP contribution in [0.15, 0.2) is 30.3 Å². The van der Waals surface area contributed by atoms with E-state index < -0.39 is 30.3 Å². The standard InChI is InChI=1S/C28H34N2O9/c1-16-6-9-19(34-5)12-22(16)21-10-11-23(25(31)29-13-18-7-8-18)30-24(21)26(32)37-17(2)38-27(33)35-14-20-15-36-28(3,4)39-20/h6,9-12,17-18,20H,7-8,13-15H2,1-5H3,(H,29,31). The molecule has 1 aliphatic carbocycles. The molecule has 1 aromatic carbocycles. The average molecular weight is 543 g/mol. The summed E-state index contributed by atoms with van der Waals surface area (Å²) in [6.07, 6.45) is -0.598. The van der Waals surface area contributed by atoms with E-state index in [-0.39, 0.29) is 30.5 Å². The number of amides is 1. The fraction of sp³-hybridized carbons (Fsp3) is 0.500. The minimum Gasteiger partial charge on any atom is -0.497 e. The Bertz CT molecular complexity index is 1230. The molecule has 1 saturated heterocycles. The van der Waals surface area contributed by atoms with Crippen LogP contribution < -0.4 is 10.1 Å². The van der Waals surface area contributed by atoms with Crippen LogP contribution in [0, 0.1) is 12.8 Å². The molecule has 2 heterocycles. The van der Waals surface area contributed by atoms with Gasteiger partial charge >= 0.3 is 12.1 Å². The lowest BCUT2D eigenvalue weighted by atomic mass is 9.98. The second kappa shape index (κ2) is 12.0. The Morgan fingerprint density at radius 1 is 1.13 bits per heavy atom. The van der Waals surface area contributed by atoms with E-state index in [1.54, 1.807) is 45.2 Å². The van der Waals surface area contributed by atoms with Gasteiger partial charge in [-0.2, -0.15) is 0 Å². The van der Waals surface area contributed by atoms with Gasteiger partial charge in [0.15, 0.2) is 11.5 Å². The molecule has 210 valence electrons. The van der Waals surface area contributed by atoms with Crippen molar-refractivity contribution in [3.63, 3.8) is 0 Å². The highest BCUT2D eigenvalue weighted by molar-refractivity contribution is 5.99. The Morgan fingerprint density at radius 2 is 1.90 bits per heavy atom. The molecular weight excluding hydrogens is 508 g/mol. The van der Waals surface area contributed by atoms with Gasteiger partial charge in [0.05, 0.1) is 13.7 Å². The Hall–Kier alpha value is -3.70. The maximum Gasteiger partial charge on any atom is 0.511 e. The molecule has 4 rings (SSSR count). The highest BCUT2D eigenvalue weighted by Crippen LogP contribution is 2.31. The lowest BCUT2D eigenvalue weighted by Crippen LogP contribution is -2.28. The van der Waals surface area contributed by atoms with Crippen LogP contribution in [0.2, 0.25) is 0 Å². The van der Waals surface area contributed by atoms with Crippen molar-refractivity contribution in [3.05, 3.63) is 47.3 Å². The number of hydrogen-bond donors (Lipinski definition) is 1. The van der Waals surface area contributed by atoms with E-state index >= 15 is 0 Å². The first-order valence-electron chi connectivity index (χ1n) is 12.8. The highest BCUT2D eigenvalue weighted by atomic mass is 16.8. The van der Waals surface area contributed by atoms with Crippen LogP contribution in [0.5, 0.6) is 5.75 Å². The van der Waals surface area contributed by atoms with E-state index in [1.165, 1.54) is 6.92 Å². The molecule has 1 amide bonds. The van der Waals surface area contributed by atoms with Crippen molar-refractivity contribution < 1.29 is 42.8 Å². The molecule has 2 aromatic rings. The van der Waals surface area contributed by atoms with Crippen LogP contribution in [-0.4, -0.2) is 68.1 Å². The number of carbonyl (C=O) groups excluding carboxylic acids is 3. The molecule has 1 aromatic heterocycles. The predicted molar refractivity (Wildman–Crippen MR) is 138 cm³/mol. The Morgan fingerprint density at radius 3 is 2.56 bits per heavy atom. The molecule has 39 heavy (non-hydrogen) atoms. The van der Waals surface area contributed by atoms with Gasteiger partial charge in [-0.3, -0.25) is 4.79 Å². The molecule has 1 saturated carbocycles. The second-order valence-electron chi connectivity index (χ2n) is 10.0. The van der Waals surface area contributed by atoms with Gasteiger partial charge < -0.3 is 33.7 Å². The van der Waals surface area contributed by atoms with Crippen LogP contribution >= 0.6 is 0 Å². The Kier molecular flexibility index (Phi) is 8.71. The summed E-state index contributed by atoms with van der Waals surface area (Å²) in [4.78, 5) is 42.5. The van der Waals surface area contributed by atoms with Crippen molar-refractivity contribution in [2.24, 2.45) is 5.92 Å². The molecule has 0 spiro atoms. The van der Waals surface area contributed by atoms with Crippen molar-refractivity contribution in [3.8, 4) is 16.9 Å². The summed E-state index contributed by atoms with van der Waals surface area (Å²) in [6, 6.07) is 8.61. The molecule has 2 fully saturated rings. The first kappa shape index (κ1) is 28.3. The third-order valence-electron chi connectivity index (χ3n) is 6.29. The quantitative estimate of drug-likeness (QED) is 0.347. The van der Waals surface area contributed by atoms with Crippen LogP contribution in [0.3, 0.4) is 0 Å². The third kappa shape index (κ3) is 7.67. The first-order valence-corrected chi connectivity index (χ1v) is 12.8. The number of carbonyl (C=O) groups is 3. The fourth-order valence-corrected chi connectivity index (χ4v) is 4.03. The number of ether oxygens (including phenoxy) is 6. The number of benzene rings is 1. The fourth-order valence-electron chi connectivity index (χ4n) is 4.03. The van der Waals surface area contributed by atoms with Crippen molar-refractivity contribution in [2.75, 3.05) is 26.9 Å². The molecule has 11 heteroatoms. The molecule has 2 atom stereocenters. The molecule has 0 radical (unpaired) electrons. The van der Waals surface area contributed by atoms with E-state index in [0.29, 0.717) is 29.3 Å². The number of aryl methyl sites for hydroxylation is 1. The van der Waals surface area contributed by atoms with E-state index in [4.69, 9.17) is 28.4 Å². The minimum absolute atomic E-state index is 0.0709. The van der Waals surface area contributed by atoms with Gasteiger partial charge in [0.1, 0.15) is 24.2 Å². The third-order valence-corrected chi connectivity index (χ3v) is 6.29. The van der Waals surface area contributed by atoms with Crippen molar-refractivity contribution in [1.82, 2.24) is 10.3 Å². The normalized spacial score (nSPS) is 18.6. The monoisotopic (exact) mass is 542 g/mol. The summed E-state index contributed by atoms with van der Waals surface area (Å²) in [5, 5.41) is 2.85. The van der Waals surface area contributed by atoms with E-state index in [9.17, 15) is 14.4 Å². The number of nitrogens with zero attached hydrogens (tertiary/aromatic N) is 1. The van der Waals surface area contributed by atoms with Crippen LogP contribution in [0.25, 0.3) is 11.1 Å². The Labute approximate surface area is 227 Å². The molecule has 1 N–H and O–H groups in total. The number of rotatable bonds is 10. The molecule has 0 bridgehead atoms. The zero-order valence-corrected chi connectivity index (χ0v) is 22.8.